The fourth-order valence-electron chi connectivity index (χ4n) is 3.04. The van der Waals surface area contributed by atoms with E-state index in [0.29, 0.717) is 25.2 Å². The molecule has 2 aromatic heterocycles. The van der Waals surface area contributed by atoms with E-state index in [-0.39, 0.29) is 0 Å². The molecular weight excluding hydrogens is 272 g/mol. The van der Waals surface area contributed by atoms with Crippen molar-refractivity contribution in [2.24, 2.45) is 12.5 Å². The summed E-state index contributed by atoms with van der Waals surface area (Å²) in [5.41, 5.74) is 0.0115. The summed E-state index contributed by atoms with van der Waals surface area (Å²) in [6.45, 7) is 0.301. The van der Waals surface area contributed by atoms with Crippen molar-refractivity contribution in [3.63, 3.8) is 0 Å². The molecule has 0 aromatic carbocycles. The van der Waals surface area contributed by atoms with E-state index in [9.17, 15) is 9.90 Å². The minimum absolute atomic E-state index is 0.301. The molecule has 0 bridgehead atoms. The van der Waals surface area contributed by atoms with Crippen molar-refractivity contribution in [2.45, 2.75) is 38.6 Å². The molecule has 112 valence electrons. The van der Waals surface area contributed by atoms with E-state index < -0.39 is 11.4 Å². The van der Waals surface area contributed by atoms with Gasteiger partial charge in [-0.2, -0.15) is 5.10 Å². The van der Waals surface area contributed by atoms with Crippen LogP contribution in [0.15, 0.2) is 12.3 Å². The molecule has 0 atom stereocenters. The summed E-state index contributed by atoms with van der Waals surface area (Å²) < 4.78 is 3.27. The van der Waals surface area contributed by atoms with Gasteiger partial charge < -0.3 is 5.11 Å². The predicted molar refractivity (Wildman–Crippen MR) is 73.2 cm³/mol. The summed E-state index contributed by atoms with van der Waals surface area (Å²) in [6.07, 6.45) is 5.99. The normalized spacial score (nSPS) is 17.8. The Labute approximate surface area is 121 Å². The first-order valence-corrected chi connectivity index (χ1v) is 7.10. The highest BCUT2D eigenvalue weighted by Gasteiger charge is 2.41. The molecule has 1 aliphatic carbocycles. The number of carboxylic acid groups (broad SMARTS) is 1. The molecular formula is C13H18N6O2. The molecule has 0 unspecified atom stereocenters. The van der Waals surface area contributed by atoms with Crippen molar-refractivity contribution in [3.05, 3.63) is 12.3 Å². The number of tetrazole rings is 1. The van der Waals surface area contributed by atoms with Crippen LogP contribution in [0.5, 0.6) is 0 Å². The van der Waals surface area contributed by atoms with Crippen LogP contribution in [0.4, 0.5) is 0 Å². The van der Waals surface area contributed by atoms with E-state index in [4.69, 9.17) is 0 Å². The maximum absolute atomic E-state index is 11.8. The van der Waals surface area contributed by atoms with Crippen molar-refractivity contribution < 1.29 is 9.90 Å². The summed E-state index contributed by atoms with van der Waals surface area (Å²) in [7, 11) is 1.81. The van der Waals surface area contributed by atoms with E-state index in [1.54, 1.807) is 15.6 Å². The third kappa shape index (κ3) is 2.41. The molecule has 0 aliphatic heterocycles. The SMILES string of the molecule is Cn1nccc1-c1nnnn1CC1(C(=O)O)CCCCC1. The number of hydrogen-bond donors (Lipinski definition) is 1. The number of hydrogen-bond acceptors (Lipinski definition) is 5. The number of nitrogens with zero attached hydrogens (tertiary/aromatic N) is 6. The lowest BCUT2D eigenvalue weighted by Crippen LogP contribution is -2.38. The molecule has 0 saturated heterocycles. The number of carboxylic acids is 1. The van der Waals surface area contributed by atoms with Crippen LogP contribution in [-0.2, 0) is 18.4 Å². The monoisotopic (exact) mass is 290 g/mol. The minimum atomic E-state index is -0.763. The fraction of sp³-hybridized carbons (Fsp3) is 0.615. The van der Waals surface area contributed by atoms with Crippen LogP contribution in [0.25, 0.3) is 11.5 Å². The van der Waals surface area contributed by atoms with Gasteiger partial charge in [0.2, 0.25) is 0 Å². The largest absolute Gasteiger partial charge is 0.481 e. The highest BCUT2D eigenvalue weighted by molar-refractivity contribution is 5.74. The van der Waals surface area contributed by atoms with Crippen molar-refractivity contribution in [1.82, 2.24) is 30.0 Å². The molecule has 8 nitrogen and oxygen atoms in total. The number of carbonyl (C=O) groups is 1. The summed E-state index contributed by atoms with van der Waals surface area (Å²) in [4.78, 5) is 11.8. The molecule has 1 fully saturated rings. The Morgan fingerprint density at radius 3 is 2.76 bits per heavy atom. The van der Waals surface area contributed by atoms with Crippen LogP contribution in [0.2, 0.25) is 0 Å². The van der Waals surface area contributed by atoms with Crippen molar-refractivity contribution in [3.8, 4) is 11.5 Å². The Balaban J connectivity index is 1.93. The van der Waals surface area contributed by atoms with Gasteiger partial charge in [0.1, 0.15) is 5.69 Å². The van der Waals surface area contributed by atoms with Gasteiger partial charge in [-0.25, -0.2) is 4.68 Å². The number of aryl methyl sites for hydroxylation is 1. The van der Waals surface area contributed by atoms with E-state index >= 15 is 0 Å². The quantitative estimate of drug-likeness (QED) is 0.905. The van der Waals surface area contributed by atoms with Crippen LogP contribution in [0, 0.1) is 5.41 Å². The Morgan fingerprint density at radius 1 is 1.38 bits per heavy atom. The average Bonchev–Trinajstić information content (AvgIpc) is 3.08. The van der Waals surface area contributed by atoms with E-state index in [2.05, 4.69) is 20.6 Å². The van der Waals surface area contributed by atoms with Crippen molar-refractivity contribution in [2.75, 3.05) is 0 Å². The molecule has 1 aliphatic rings. The first-order chi connectivity index (χ1) is 10.1. The fourth-order valence-corrected chi connectivity index (χ4v) is 3.04. The third-order valence-corrected chi connectivity index (χ3v) is 4.30. The molecule has 0 spiro atoms. The zero-order valence-electron chi connectivity index (χ0n) is 11.9. The minimum Gasteiger partial charge on any atom is -0.481 e. The summed E-state index contributed by atoms with van der Waals surface area (Å²) >= 11 is 0. The van der Waals surface area contributed by atoms with Crippen LogP contribution in [-0.4, -0.2) is 41.1 Å². The standard InChI is InChI=1S/C13H18N6O2/c1-18-10(5-8-14-18)11-15-16-17-19(11)9-13(12(20)21)6-3-2-4-7-13/h5,8H,2-4,6-7,9H2,1H3,(H,20,21). The number of aliphatic carboxylic acids is 1. The summed E-state index contributed by atoms with van der Waals surface area (Å²) in [6, 6.07) is 1.82. The van der Waals surface area contributed by atoms with E-state index in [1.165, 1.54) is 0 Å². The van der Waals surface area contributed by atoms with Gasteiger partial charge in [-0.1, -0.05) is 19.3 Å². The van der Waals surface area contributed by atoms with Gasteiger partial charge in [0.15, 0.2) is 5.82 Å². The van der Waals surface area contributed by atoms with Gasteiger partial charge in [-0.15, -0.1) is 5.10 Å². The molecule has 0 amide bonds. The molecule has 8 heteroatoms. The maximum Gasteiger partial charge on any atom is 0.311 e. The lowest BCUT2D eigenvalue weighted by atomic mass is 9.74. The van der Waals surface area contributed by atoms with Crippen molar-refractivity contribution in [1.29, 1.82) is 0 Å². The summed E-state index contributed by atoms with van der Waals surface area (Å²) in [5.74, 6) is -0.199. The van der Waals surface area contributed by atoms with E-state index in [0.717, 1.165) is 25.0 Å². The topological polar surface area (TPSA) is 98.7 Å². The third-order valence-electron chi connectivity index (χ3n) is 4.30. The highest BCUT2D eigenvalue weighted by Crippen LogP contribution is 2.38. The van der Waals surface area contributed by atoms with Gasteiger partial charge in [-0.3, -0.25) is 9.48 Å². The van der Waals surface area contributed by atoms with Gasteiger partial charge in [-0.05, 0) is 29.3 Å². The Morgan fingerprint density at radius 2 is 2.14 bits per heavy atom. The highest BCUT2D eigenvalue weighted by atomic mass is 16.4. The molecule has 3 rings (SSSR count). The smallest absolute Gasteiger partial charge is 0.311 e. The molecule has 21 heavy (non-hydrogen) atoms. The molecule has 2 heterocycles. The zero-order valence-corrected chi connectivity index (χ0v) is 11.9. The Hall–Kier alpha value is -2.25. The number of aromatic nitrogens is 6. The average molecular weight is 290 g/mol. The first kappa shape index (κ1) is 13.7. The second-order valence-electron chi connectivity index (χ2n) is 5.65. The van der Waals surface area contributed by atoms with Gasteiger partial charge in [0.25, 0.3) is 0 Å². The predicted octanol–water partition coefficient (Wildman–Crippen LogP) is 1.11. The lowest BCUT2D eigenvalue weighted by molar-refractivity contribution is -0.152. The van der Waals surface area contributed by atoms with Crippen LogP contribution in [0.1, 0.15) is 32.1 Å². The summed E-state index contributed by atoms with van der Waals surface area (Å²) in [5, 5.41) is 25.5. The molecule has 2 aromatic rings. The second-order valence-corrected chi connectivity index (χ2v) is 5.65. The second kappa shape index (κ2) is 5.27. The van der Waals surface area contributed by atoms with E-state index in [1.807, 2.05) is 13.1 Å². The Kier molecular flexibility index (Phi) is 3.44. The first-order valence-electron chi connectivity index (χ1n) is 7.10. The van der Waals surface area contributed by atoms with Crippen LogP contribution in [0.3, 0.4) is 0 Å². The zero-order chi connectivity index (χ0) is 14.9. The lowest BCUT2D eigenvalue weighted by Gasteiger charge is -2.32. The van der Waals surface area contributed by atoms with Gasteiger partial charge in [0.05, 0.1) is 12.0 Å². The van der Waals surface area contributed by atoms with Gasteiger partial charge >= 0.3 is 5.97 Å². The molecule has 1 N–H and O–H groups in total. The van der Waals surface area contributed by atoms with Crippen molar-refractivity contribution >= 4 is 5.97 Å². The van der Waals surface area contributed by atoms with Gasteiger partial charge in [0, 0.05) is 13.2 Å². The number of rotatable bonds is 4. The molecule has 1 saturated carbocycles. The maximum atomic E-state index is 11.8. The molecule has 0 radical (unpaired) electrons. The Bertz CT molecular complexity index is 641. The van der Waals surface area contributed by atoms with Crippen LogP contribution >= 0.6 is 0 Å². The van der Waals surface area contributed by atoms with Crippen LogP contribution < -0.4 is 0 Å².